The Labute approximate surface area is 137 Å². The van der Waals surface area contributed by atoms with Crippen LogP contribution in [0.3, 0.4) is 0 Å². The molecule has 4 aromatic rings. The van der Waals surface area contributed by atoms with E-state index < -0.39 is 5.91 Å². The smallest absolute Gasteiger partial charge is 0.288 e. The number of imidazole rings is 1. The second-order valence-corrected chi connectivity index (χ2v) is 6.50. The maximum Gasteiger partial charge on any atom is 0.288 e. The van der Waals surface area contributed by atoms with Crippen molar-refractivity contribution in [1.29, 1.82) is 0 Å². The SMILES string of the molecule is O=C(NNC(=O)c1cc2c(nc3sccn32)s1)c1ccccn1. The molecule has 0 aliphatic carbocycles. The Morgan fingerprint density at radius 1 is 1.17 bits per heavy atom. The first-order valence-corrected chi connectivity index (χ1v) is 8.29. The minimum absolute atomic E-state index is 0.231. The lowest BCUT2D eigenvalue weighted by atomic mass is 10.3. The van der Waals surface area contributed by atoms with Crippen LogP contribution in [0, 0.1) is 0 Å². The lowest BCUT2D eigenvalue weighted by Crippen LogP contribution is -2.41. The number of hydrogen-bond acceptors (Lipinski definition) is 6. The van der Waals surface area contributed by atoms with E-state index in [1.165, 1.54) is 28.9 Å². The lowest BCUT2D eigenvalue weighted by molar-refractivity contribution is 0.0846. The van der Waals surface area contributed by atoms with Gasteiger partial charge in [0.25, 0.3) is 11.8 Å². The highest BCUT2D eigenvalue weighted by Crippen LogP contribution is 2.27. The summed E-state index contributed by atoms with van der Waals surface area (Å²) in [6, 6.07) is 6.73. The first-order valence-electron chi connectivity index (χ1n) is 6.59. The Balaban J connectivity index is 1.50. The van der Waals surface area contributed by atoms with Gasteiger partial charge in [0.05, 0.1) is 10.4 Å². The molecular weight excluding hydrogens is 334 g/mol. The molecule has 7 nitrogen and oxygen atoms in total. The molecule has 9 heteroatoms. The normalized spacial score (nSPS) is 11.0. The maximum atomic E-state index is 12.2. The van der Waals surface area contributed by atoms with Crippen LogP contribution in [-0.4, -0.2) is 26.2 Å². The number of rotatable bonds is 2. The molecule has 4 heterocycles. The molecule has 0 bridgehead atoms. The number of carbonyl (C=O) groups excluding carboxylic acids is 2. The highest BCUT2D eigenvalue weighted by Gasteiger charge is 2.16. The molecule has 0 saturated heterocycles. The fraction of sp³-hybridized carbons (Fsp3) is 0. The number of hydrazine groups is 1. The Morgan fingerprint density at radius 2 is 2.04 bits per heavy atom. The number of hydrogen-bond donors (Lipinski definition) is 2. The molecule has 114 valence electrons. The van der Waals surface area contributed by atoms with Crippen molar-refractivity contribution in [2.75, 3.05) is 0 Å². The highest BCUT2D eigenvalue weighted by molar-refractivity contribution is 7.21. The van der Waals surface area contributed by atoms with E-state index in [0.717, 1.165) is 15.3 Å². The summed E-state index contributed by atoms with van der Waals surface area (Å²) in [4.78, 5) is 34.5. The minimum atomic E-state index is -0.470. The molecule has 0 radical (unpaired) electrons. The summed E-state index contributed by atoms with van der Waals surface area (Å²) < 4.78 is 1.93. The van der Waals surface area contributed by atoms with Gasteiger partial charge >= 0.3 is 0 Å². The van der Waals surface area contributed by atoms with E-state index in [1.54, 1.807) is 24.3 Å². The fourth-order valence-corrected chi connectivity index (χ4v) is 3.79. The predicted molar refractivity (Wildman–Crippen MR) is 87.6 cm³/mol. The summed E-state index contributed by atoms with van der Waals surface area (Å²) in [5, 5.41) is 1.94. The number of amides is 2. The van der Waals surface area contributed by atoms with Crippen LogP contribution < -0.4 is 10.9 Å². The summed E-state index contributed by atoms with van der Waals surface area (Å²) in [6.45, 7) is 0. The Bertz CT molecular complexity index is 1020. The lowest BCUT2D eigenvalue weighted by Gasteiger charge is -2.05. The van der Waals surface area contributed by atoms with Crippen LogP contribution in [-0.2, 0) is 0 Å². The third kappa shape index (κ3) is 2.45. The largest absolute Gasteiger partial charge is 0.289 e. The standard InChI is InChI=1S/C14H9N5O2S2/c20-11(8-3-1-2-4-15-8)17-18-12(21)10-7-9-13(23-10)16-14-19(9)5-6-22-14/h1-7H,(H,17,20)(H,18,21). The Kier molecular flexibility index (Phi) is 3.28. The number of thiazole rings is 1. The molecule has 2 N–H and O–H groups in total. The third-order valence-corrected chi connectivity index (χ3v) is 4.92. The third-order valence-electron chi connectivity index (χ3n) is 3.15. The number of nitrogens with zero attached hydrogens (tertiary/aromatic N) is 3. The minimum Gasteiger partial charge on any atom is -0.289 e. The van der Waals surface area contributed by atoms with E-state index >= 15 is 0 Å². The van der Waals surface area contributed by atoms with Gasteiger partial charge in [0.1, 0.15) is 10.5 Å². The Morgan fingerprint density at radius 3 is 2.87 bits per heavy atom. The molecule has 23 heavy (non-hydrogen) atoms. The van der Waals surface area contributed by atoms with Crippen molar-refractivity contribution in [1.82, 2.24) is 25.2 Å². The zero-order valence-electron chi connectivity index (χ0n) is 11.5. The van der Waals surface area contributed by atoms with Gasteiger partial charge in [-0.25, -0.2) is 4.98 Å². The second-order valence-electron chi connectivity index (χ2n) is 4.59. The van der Waals surface area contributed by atoms with Gasteiger partial charge in [-0.05, 0) is 18.2 Å². The highest BCUT2D eigenvalue weighted by atomic mass is 32.1. The van der Waals surface area contributed by atoms with Crippen LogP contribution in [0.15, 0.2) is 42.0 Å². The number of pyridine rings is 1. The van der Waals surface area contributed by atoms with Crippen LogP contribution in [0.2, 0.25) is 0 Å². The van der Waals surface area contributed by atoms with Crippen LogP contribution in [0.1, 0.15) is 20.2 Å². The van der Waals surface area contributed by atoms with Crippen molar-refractivity contribution in [3.63, 3.8) is 0 Å². The summed E-state index contributed by atoms with van der Waals surface area (Å²) in [5.41, 5.74) is 5.85. The van der Waals surface area contributed by atoms with E-state index in [0.29, 0.717) is 4.88 Å². The molecule has 4 aromatic heterocycles. The van der Waals surface area contributed by atoms with Gasteiger partial charge in [0, 0.05) is 17.8 Å². The van der Waals surface area contributed by atoms with Gasteiger partial charge in [-0.3, -0.25) is 29.8 Å². The molecule has 0 aliphatic rings. The Hall–Kier alpha value is -2.78. The molecule has 0 saturated carbocycles. The zero-order valence-corrected chi connectivity index (χ0v) is 13.1. The van der Waals surface area contributed by atoms with Gasteiger partial charge in [-0.2, -0.15) is 0 Å². The van der Waals surface area contributed by atoms with Gasteiger partial charge in [0.2, 0.25) is 0 Å². The van der Waals surface area contributed by atoms with Crippen molar-refractivity contribution in [2.45, 2.75) is 0 Å². The monoisotopic (exact) mass is 343 g/mol. The summed E-state index contributed by atoms with van der Waals surface area (Å²) in [5.74, 6) is -0.858. The first-order chi connectivity index (χ1) is 11.2. The van der Waals surface area contributed by atoms with Gasteiger partial charge in [-0.15, -0.1) is 22.7 Å². The fourth-order valence-electron chi connectivity index (χ4n) is 2.10. The second kappa shape index (κ2) is 5.45. The molecule has 0 fully saturated rings. The predicted octanol–water partition coefficient (Wildman–Crippen LogP) is 2.08. The van der Waals surface area contributed by atoms with E-state index in [2.05, 4.69) is 20.8 Å². The molecular formula is C14H9N5O2S2. The average molecular weight is 343 g/mol. The van der Waals surface area contributed by atoms with Crippen molar-refractivity contribution in [2.24, 2.45) is 0 Å². The molecule has 0 unspecified atom stereocenters. The van der Waals surface area contributed by atoms with Gasteiger partial charge < -0.3 is 0 Å². The van der Waals surface area contributed by atoms with E-state index in [1.807, 2.05) is 16.0 Å². The van der Waals surface area contributed by atoms with Crippen LogP contribution in [0.5, 0.6) is 0 Å². The summed E-state index contributed by atoms with van der Waals surface area (Å²) in [6.07, 6.45) is 3.42. The molecule has 0 atom stereocenters. The number of aromatic nitrogens is 3. The van der Waals surface area contributed by atoms with Crippen molar-refractivity contribution < 1.29 is 9.59 Å². The molecule has 0 aliphatic heterocycles. The number of thiophene rings is 1. The van der Waals surface area contributed by atoms with E-state index in [9.17, 15) is 9.59 Å². The van der Waals surface area contributed by atoms with Crippen molar-refractivity contribution in [3.05, 3.63) is 52.6 Å². The topological polar surface area (TPSA) is 88.4 Å². The van der Waals surface area contributed by atoms with E-state index in [4.69, 9.17) is 0 Å². The van der Waals surface area contributed by atoms with Crippen LogP contribution in [0.4, 0.5) is 0 Å². The number of fused-ring (bicyclic) bond motifs is 3. The van der Waals surface area contributed by atoms with Crippen molar-refractivity contribution in [3.8, 4) is 0 Å². The average Bonchev–Trinajstić information content (AvgIpc) is 3.24. The van der Waals surface area contributed by atoms with Crippen molar-refractivity contribution >= 4 is 49.8 Å². The molecule has 0 aromatic carbocycles. The number of carbonyl (C=O) groups is 2. The van der Waals surface area contributed by atoms with Gasteiger partial charge in [0.15, 0.2) is 4.96 Å². The molecule has 4 rings (SSSR count). The molecule has 0 spiro atoms. The van der Waals surface area contributed by atoms with Crippen LogP contribution in [0.25, 0.3) is 15.3 Å². The first kappa shape index (κ1) is 13.9. The van der Waals surface area contributed by atoms with Gasteiger partial charge in [-0.1, -0.05) is 6.07 Å². The summed E-state index contributed by atoms with van der Waals surface area (Å²) >= 11 is 2.82. The quantitative estimate of drug-likeness (QED) is 0.546. The molecule has 2 amide bonds. The van der Waals surface area contributed by atoms with E-state index in [-0.39, 0.29) is 11.6 Å². The van der Waals surface area contributed by atoms with Crippen LogP contribution >= 0.6 is 22.7 Å². The number of nitrogens with one attached hydrogen (secondary N) is 2. The zero-order chi connectivity index (χ0) is 15.8. The summed E-state index contributed by atoms with van der Waals surface area (Å²) in [7, 11) is 0. The maximum absolute atomic E-state index is 12.2.